The first-order chi connectivity index (χ1) is 19.4. The number of aliphatic carboxylic acids is 4. The zero-order valence-corrected chi connectivity index (χ0v) is 24.5. The van der Waals surface area contributed by atoms with Crippen LogP contribution in [0.25, 0.3) is 0 Å². The Balaban J connectivity index is 0.00000112. The Morgan fingerprint density at radius 1 is 0.780 bits per heavy atom. The summed E-state index contributed by atoms with van der Waals surface area (Å²) in [5.41, 5.74) is 18.1. The highest BCUT2D eigenvalue weighted by atomic mass is 16.5. The average Bonchev–Trinajstić information content (AvgIpc) is 2.89. The van der Waals surface area contributed by atoms with Crippen LogP contribution in [-0.2, 0) is 23.9 Å². The van der Waals surface area contributed by atoms with Crippen molar-refractivity contribution in [1.82, 2.24) is 9.80 Å². The standard InChI is InChI=1S/C19H39N5O5.C8H14O4/c1-29-17-4-3-14(21)11-15(17)16(22)5-8-24(13-19(27)28)10-9-23(7-2-6-20)12-18(25)26;9-7(10)5-3-1-2-4-6-8(11)12/h14-17H,2-13,20-22H2,1H3,(H,25,26)(H,27,28);1-6H2,(H,9,10)(H,11,12). The van der Waals surface area contributed by atoms with Crippen LogP contribution in [0, 0.1) is 5.92 Å². The van der Waals surface area contributed by atoms with Crippen molar-refractivity contribution >= 4 is 23.9 Å². The maximum absolute atomic E-state index is 11.3. The van der Waals surface area contributed by atoms with Crippen molar-refractivity contribution in [2.45, 2.75) is 88.8 Å². The molecule has 0 aromatic carbocycles. The Bertz CT molecular complexity index is 741. The van der Waals surface area contributed by atoms with Gasteiger partial charge in [-0.15, -0.1) is 0 Å². The number of carboxylic acids is 4. The lowest BCUT2D eigenvalue weighted by Crippen LogP contribution is -2.48. The van der Waals surface area contributed by atoms with Gasteiger partial charge < -0.3 is 42.4 Å². The van der Waals surface area contributed by atoms with E-state index in [-0.39, 0.29) is 50.0 Å². The molecule has 14 nitrogen and oxygen atoms in total. The second-order valence-electron chi connectivity index (χ2n) is 10.6. The molecule has 4 atom stereocenters. The van der Waals surface area contributed by atoms with Crippen molar-refractivity contribution in [1.29, 1.82) is 0 Å². The Morgan fingerprint density at radius 3 is 1.73 bits per heavy atom. The highest BCUT2D eigenvalue weighted by molar-refractivity contribution is 5.69. The smallest absolute Gasteiger partial charge is 0.317 e. The van der Waals surface area contributed by atoms with E-state index in [1.807, 2.05) is 4.90 Å². The molecule has 0 bridgehead atoms. The monoisotopic (exact) mass is 591 g/mol. The third kappa shape index (κ3) is 21.1. The molecule has 0 heterocycles. The second-order valence-corrected chi connectivity index (χ2v) is 10.6. The molecule has 1 aliphatic rings. The molecule has 41 heavy (non-hydrogen) atoms. The van der Waals surface area contributed by atoms with Crippen LogP contribution in [0.15, 0.2) is 0 Å². The normalized spacial score (nSPS) is 19.4. The summed E-state index contributed by atoms with van der Waals surface area (Å²) in [5.74, 6) is -3.24. The summed E-state index contributed by atoms with van der Waals surface area (Å²) in [6.45, 7) is 2.29. The third-order valence-electron chi connectivity index (χ3n) is 7.17. The van der Waals surface area contributed by atoms with Gasteiger partial charge >= 0.3 is 23.9 Å². The topological polar surface area (TPSA) is 243 Å². The molecule has 10 N–H and O–H groups in total. The highest BCUT2D eigenvalue weighted by Crippen LogP contribution is 2.29. The molecule has 0 aromatic rings. The Hall–Kier alpha value is -2.36. The molecule has 0 saturated heterocycles. The number of unbranched alkanes of at least 4 members (excludes halogenated alkanes) is 3. The van der Waals surface area contributed by atoms with E-state index in [1.165, 1.54) is 0 Å². The Kier molecular flexibility index (Phi) is 21.9. The van der Waals surface area contributed by atoms with Gasteiger partial charge in [0.2, 0.25) is 0 Å². The van der Waals surface area contributed by atoms with Gasteiger partial charge in [-0.1, -0.05) is 12.8 Å². The van der Waals surface area contributed by atoms with E-state index in [0.29, 0.717) is 58.4 Å². The first-order valence-corrected chi connectivity index (χ1v) is 14.4. The molecular formula is C27H53N5O9. The minimum Gasteiger partial charge on any atom is -0.481 e. The molecule has 1 saturated carbocycles. The molecule has 0 radical (unpaired) electrons. The number of nitrogens with zero attached hydrogens (tertiary/aromatic N) is 2. The van der Waals surface area contributed by atoms with Crippen molar-refractivity contribution in [2.24, 2.45) is 23.1 Å². The summed E-state index contributed by atoms with van der Waals surface area (Å²) >= 11 is 0. The average molecular weight is 592 g/mol. The fraction of sp³-hybridized carbons (Fsp3) is 0.852. The van der Waals surface area contributed by atoms with Gasteiger partial charge in [0.05, 0.1) is 19.2 Å². The fourth-order valence-electron chi connectivity index (χ4n) is 4.93. The maximum Gasteiger partial charge on any atom is 0.317 e. The molecule has 1 fully saturated rings. The first kappa shape index (κ1) is 38.6. The van der Waals surface area contributed by atoms with E-state index in [1.54, 1.807) is 12.0 Å². The summed E-state index contributed by atoms with van der Waals surface area (Å²) in [7, 11) is 1.69. The van der Waals surface area contributed by atoms with Gasteiger partial charge in [0.25, 0.3) is 0 Å². The van der Waals surface area contributed by atoms with Crippen molar-refractivity contribution in [3.8, 4) is 0 Å². The number of carboxylic acid groups (broad SMARTS) is 4. The predicted molar refractivity (Wildman–Crippen MR) is 154 cm³/mol. The van der Waals surface area contributed by atoms with E-state index in [4.69, 9.17) is 37.3 Å². The summed E-state index contributed by atoms with van der Waals surface area (Å²) < 4.78 is 5.58. The van der Waals surface area contributed by atoms with E-state index in [2.05, 4.69) is 0 Å². The molecule has 240 valence electrons. The number of ether oxygens (including phenoxy) is 1. The van der Waals surface area contributed by atoms with Gasteiger partial charge in [-0.2, -0.15) is 0 Å². The van der Waals surface area contributed by atoms with Crippen molar-refractivity contribution in [3.63, 3.8) is 0 Å². The molecule has 0 amide bonds. The number of rotatable bonds is 22. The van der Waals surface area contributed by atoms with Crippen LogP contribution in [-0.4, -0.2) is 125 Å². The Labute approximate surface area is 243 Å². The zero-order chi connectivity index (χ0) is 31.2. The van der Waals surface area contributed by atoms with Crippen molar-refractivity contribution in [3.05, 3.63) is 0 Å². The van der Waals surface area contributed by atoms with E-state index < -0.39 is 23.9 Å². The van der Waals surface area contributed by atoms with E-state index in [9.17, 15) is 24.3 Å². The van der Waals surface area contributed by atoms with Crippen molar-refractivity contribution in [2.75, 3.05) is 52.9 Å². The van der Waals surface area contributed by atoms with Crippen LogP contribution in [0.5, 0.6) is 0 Å². The minimum atomic E-state index is -0.917. The number of carbonyl (C=O) groups is 4. The molecule has 0 spiro atoms. The van der Waals surface area contributed by atoms with Gasteiger partial charge in [-0.25, -0.2) is 0 Å². The second kappa shape index (κ2) is 23.2. The number of hydrogen-bond donors (Lipinski definition) is 7. The summed E-state index contributed by atoms with van der Waals surface area (Å²) in [6, 6.07) is -0.00495. The minimum absolute atomic E-state index is 0.0834. The lowest BCUT2D eigenvalue weighted by atomic mass is 9.78. The van der Waals surface area contributed by atoms with Crippen LogP contribution in [0.3, 0.4) is 0 Å². The van der Waals surface area contributed by atoms with E-state index in [0.717, 1.165) is 32.1 Å². The number of hydrogen-bond acceptors (Lipinski definition) is 10. The lowest BCUT2D eigenvalue weighted by Gasteiger charge is -2.38. The predicted octanol–water partition coefficient (Wildman–Crippen LogP) is 0.464. The molecule has 0 aromatic heterocycles. The molecule has 1 rings (SSSR count). The largest absolute Gasteiger partial charge is 0.481 e. The molecule has 4 unspecified atom stereocenters. The molecule has 0 aliphatic heterocycles. The summed E-state index contributed by atoms with van der Waals surface area (Å²) in [4.78, 5) is 46.0. The number of nitrogens with two attached hydrogens (primary N) is 3. The van der Waals surface area contributed by atoms with Gasteiger partial charge in [-0.05, 0) is 58.0 Å². The van der Waals surface area contributed by atoms with Crippen LogP contribution in [0.4, 0.5) is 0 Å². The van der Waals surface area contributed by atoms with Crippen LogP contribution < -0.4 is 17.2 Å². The lowest BCUT2D eigenvalue weighted by molar-refractivity contribution is -0.140. The fourth-order valence-corrected chi connectivity index (χ4v) is 4.93. The maximum atomic E-state index is 11.3. The molecule has 14 heteroatoms. The van der Waals surface area contributed by atoms with E-state index >= 15 is 0 Å². The molecule has 1 aliphatic carbocycles. The van der Waals surface area contributed by atoms with Gasteiger partial charge in [-0.3, -0.25) is 29.0 Å². The Morgan fingerprint density at radius 2 is 1.29 bits per heavy atom. The SMILES string of the molecule is COC1CCC(N)CC1C(N)CCN(CCN(CCCN)CC(=O)O)CC(=O)O.O=C(O)CCCCCCC(=O)O. The van der Waals surface area contributed by atoms with Gasteiger partial charge in [0.15, 0.2) is 0 Å². The van der Waals surface area contributed by atoms with Crippen LogP contribution in [0.1, 0.15) is 70.6 Å². The number of methoxy groups -OCH3 is 1. The highest BCUT2D eigenvalue weighted by Gasteiger charge is 2.33. The molecular weight excluding hydrogens is 538 g/mol. The van der Waals surface area contributed by atoms with Crippen LogP contribution >= 0.6 is 0 Å². The van der Waals surface area contributed by atoms with Crippen LogP contribution in [0.2, 0.25) is 0 Å². The van der Waals surface area contributed by atoms with Gasteiger partial charge in [0, 0.05) is 57.6 Å². The zero-order valence-electron chi connectivity index (χ0n) is 24.5. The first-order valence-electron chi connectivity index (χ1n) is 14.4. The quantitative estimate of drug-likeness (QED) is 0.0846. The summed E-state index contributed by atoms with van der Waals surface area (Å²) in [5, 5.41) is 34.8. The summed E-state index contributed by atoms with van der Waals surface area (Å²) in [6.07, 6.45) is 7.31. The third-order valence-corrected chi connectivity index (χ3v) is 7.17. The van der Waals surface area contributed by atoms with Crippen molar-refractivity contribution < 1.29 is 44.3 Å². The van der Waals surface area contributed by atoms with Gasteiger partial charge in [0.1, 0.15) is 0 Å².